The first kappa shape index (κ1) is 22.0. The number of rotatable bonds is 7. The first-order valence-corrected chi connectivity index (χ1v) is 10.7. The topological polar surface area (TPSA) is 129 Å². The number of nitrogens with one attached hydrogen (secondary N) is 2. The summed E-state index contributed by atoms with van der Waals surface area (Å²) in [5.41, 5.74) is -0.169. The fourth-order valence-corrected chi connectivity index (χ4v) is 3.62. The van der Waals surface area contributed by atoms with Crippen molar-refractivity contribution in [1.82, 2.24) is 19.8 Å². The number of ether oxygens (including phenoxy) is 2. The van der Waals surface area contributed by atoms with Gasteiger partial charge in [-0.2, -0.15) is 4.57 Å². The monoisotopic (exact) mass is 446 g/mol. The van der Waals surface area contributed by atoms with Gasteiger partial charge in [0.1, 0.15) is 6.54 Å². The molecule has 1 saturated heterocycles. The molecule has 1 saturated carbocycles. The smallest absolute Gasteiger partial charge is 0.378 e. The molecule has 32 heavy (non-hydrogen) atoms. The molecule has 2 amide bonds. The van der Waals surface area contributed by atoms with Crippen LogP contribution in [0, 0.1) is 0 Å². The Labute approximate surface area is 184 Å². The van der Waals surface area contributed by atoms with E-state index in [-0.39, 0.29) is 30.2 Å². The average Bonchev–Trinajstić information content (AvgIpc) is 3.50. The highest BCUT2D eigenvalue weighted by atomic mass is 16.5. The molecule has 0 radical (unpaired) electrons. The third kappa shape index (κ3) is 4.39. The Morgan fingerprint density at radius 3 is 2.78 bits per heavy atom. The molecule has 172 valence electrons. The van der Waals surface area contributed by atoms with E-state index in [1.807, 2.05) is 6.92 Å². The van der Waals surface area contributed by atoms with E-state index < -0.39 is 17.3 Å². The van der Waals surface area contributed by atoms with E-state index >= 15 is 0 Å². The molecule has 4 rings (SSSR count). The molecule has 0 unspecified atom stereocenters. The molecule has 1 aliphatic heterocycles. The molecular formula is C21H28N5O6+. The highest BCUT2D eigenvalue weighted by molar-refractivity contribution is 5.96. The van der Waals surface area contributed by atoms with Gasteiger partial charge < -0.3 is 24.8 Å². The number of fused-ring (bicyclic) bond motifs is 1. The summed E-state index contributed by atoms with van der Waals surface area (Å²) >= 11 is 0. The maximum Gasteiger partial charge on any atom is 0.378 e. The molecule has 11 heteroatoms. The van der Waals surface area contributed by atoms with Gasteiger partial charge in [-0.05, 0) is 25.8 Å². The van der Waals surface area contributed by atoms with Crippen molar-refractivity contribution in [2.24, 2.45) is 0 Å². The number of morpholine rings is 1. The van der Waals surface area contributed by atoms with Gasteiger partial charge in [0.25, 0.3) is 5.91 Å². The molecule has 2 fully saturated rings. The van der Waals surface area contributed by atoms with E-state index in [4.69, 9.17) is 9.47 Å². The second-order valence-corrected chi connectivity index (χ2v) is 8.07. The minimum atomic E-state index is -0.670. The summed E-state index contributed by atoms with van der Waals surface area (Å²) in [6.07, 6.45) is 5.95. The number of amides is 2. The number of carbonyl (C=O) groups is 2. The lowest BCUT2D eigenvalue weighted by Gasteiger charge is -2.25. The first-order chi connectivity index (χ1) is 15.4. The Hall–Kier alpha value is -3.18. The zero-order valence-corrected chi connectivity index (χ0v) is 18.2. The van der Waals surface area contributed by atoms with Gasteiger partial charge in [-0.3, -0.25) is 9.59 Å². The van der Waals surface area contributed by atoms with Gasteiger partial charge in [0.15, 0.2) is 0 Å². The largest absolute Gasteiger partial charge is 0.477 e. The normalized spacial score (nSPS) is 17.8. The average molecular weight is 446 g/mol. The van der Waals surface area contributed by atoms with Crippen molar-refractivity contribution < 1.29 is 28.7 Å². The standard InChI is InChI=1S/C21H27N5O6/c1-13(31-2)12-25-19-14(3-6-16(27)24-7-9-32-10-8-24)11-22-26(19)21(30)17(20(25)29)18(28)23-15-4-5-15/h3,6,11,13,15H,4-5,7-10,12H2,1-2H3,(H2,23,28,29,30)/p+1/b6-3+/t13-/m0/s1. The van der Waals surface area contributed by atoms with Crippen LogP contribution >= 0.6 is 0 Å². The van der Waals surface area contributed by atoms with Gasteiger partial charge in [-0.15, -0.1) is 0 Å². The van der Waals surface area contributed by atoms with Crippen molar-refractivity contribution in [2.75, 3.05) is 33.4 Å². The quantitative estimate of drug-likeness (QED) is 0.386. The summed E-state index contributed by atoms with van der Waals surface area (Å²) < 4.78 is 13.3. The number of carbonyl (C=O) groups excluding carboxylic acids is 2. The number of nitrogens with zero attached hydrogens (tertiary/aromatic N) is 3. The Morgan fingerprint density at radius 1 is 1.41 bits per heavy atom. The minimum absolute atomic E-state index is 0.0293. The van der Waals surface area contributed by atoms with E-state index in [0.29, 0.717) is 37.5 Å². The number of methoxy groups -OCH3 is 1. The summed E-state index contributed by atoms with van der Waals surface area (Å²) in [6, 6.07) is 0.0293. The van der Waals surface area contributed by atoms with Crippen molar-refractivity contribution in [3.63, 3.8) is 0 Å². The van der Waals surface area contributed by atoms with Crippen LogP contribution in [0.1, 0.15) is 35.7 Å². The molecule has 11 nitrogen and oxygen atoms in total. The molecule has 1 aliphatic carbocycles. The number of aromatic nitrogens is 3. The molecule has 2 aromatic rings. The van der Waals surface area contributed by atoms with Crippen LogP contribution in [0.2, 0.25) is 0 Å². The predicted octanol–water partition coefficient (Wildman–Crippen LogP) is -0.580. The zero-order chi connectivity index (χ0) is 22.8. The van der Waals surface area contributed by atoms with E-state index in [1.165, 1.54) is 22.3 Å². The molecule has 0 spiro atoms. The van der Waals surface area contributed by atoms with Crippen molar-refractivity contribution in [3.8, 4) is 5.88 Å². The summed E-state index contributed by atoms with van der Waals surface area (Å²) in [5, 5.41) is 16.5. The molecule has 0 bridgehead atoms. The van der Waals surface area contributed by atoms with Gasteiger partial charge in [-0.1, -0.05) is 4.52 Å². The summed E-state index contributed by atoms with van der Waals surface area (Å²) in [7, 11) is 1.54. The van der Waals surface area contributed by atoms with Crippen LogP contribution in [0.25, 0.3) is 11.7 Å². The third-order valence-electron chi connectivity index (χ3n) is 5.68. The third-order valence-corrected chi connectivity index (χ3v) is 5.68. The number of aromatic amines is 1. The lowest BCUT2D eigenvalue weighted by Crippen LogP contribution is -2.47. The van der Waals surface area contributed by atoms with Crippen LogP contribution in [0.4, 0.5) is 0 Å². The van der Waals surface area contributed by atoms with Gasteiger partial charge in [0.05, 0.1) is 31.1 Å². The predicted molar refractivity (Wildman–Crippen MR) is 113 cm³/mol. The van der Waals surface area contributed by atoms with Crippen molar-refractivity contribution in [1.29, 1.82) is 0 Å². The highest BCUT2D eigenvalue weighted by Crippen LogP contribution is 2.21. The number of H-pyrrole nitrogens is 1. The SMILES string of the molecule is CO[C@@H](C)C[n+]1c(O)c(C(=O)NC2CC2)c(=O)n2[nH]cc(/C=C/C(=O)N3CCOCC3)c21. The minimum Gasteiger partial charge on any atom is -0.477 e. The summed E-state index contributed by atoms with van der Waals surface area (Å²) in [6.45, 7) is 4.02. The van der Waals surface area contributed by atoms with Crippen LogP contribution in [0.3, 0.4) is 0 Å². The summed E-state index contributed by atoms with van der Waals surface area (Å²) in [4.78, 5) is 39.9. The van der Waals surface area contributed by atoms with Crippen molar-refractivity contribution in [2.45, 2.75) is 38.5 Å². The second-order valence-electron chi connectivity index (χ2n) is 8.07. The Balaban J connectivity index is 1.76. The lowest BCUT2D eigenvalue weighted by molar-refractivity contribution is -0.687. The van der Waals surface area contributed by atoms with E-state index in [9.17, 15) is 19.5 Å². The maximum atomic E-state index is 13.1. The van der Waals surface area contributed by atoms with Gasteiger partial charge in [0, 0.05) is 32.3 Å². The molecule has 0 aromatic carbocycles. The Morgan fingerprint density at radius 2 is 2.12 bits per heavy atom. The van der Waals surface area contributed by atoms with E-state index in [1.54, 1.807) is 17.2 Å². The lowest BCUT2D eigenvalue weighted by atomic mass is 10.2. The molecule has 2 aromatic heterocycles. The number of hydrogen-bond donors (Lipinski definition) is 3. The second kappa shape index (κ2) is 9.13. The Kier molecular flexibility index (Phi) is 6.28. The van der Waals surface area contributed by atoms with Crippen LogP contribution in [-0.2, 0) is 20.8 Å². The van der Waals surface area contributed by atoms with Gasteiger partial charge in [0.2, 0.25) is 11.5 Å². The van der Waals surface area contributed by atoms with Crippen molar-refractivity contribution in [3.05, 3.63) is 33.8 Å². The molecular weight excluding hydrogens is 418 g/mol. The fraction of sp³-hybridized carbons (Fsp3) is 0.524. The first-order valence-electron chi connectivity index (χ1n) is 10.7. The molecule has 2 aliphatic rings. The van der Waals surface area contributed by atoms with Crippen LogP contribution < -0.4 is 15.4 Å². The number of aromatic hydroxyl groups is 1. The Bertz CT molecular complexity index is 1110. The number of hydrogen-bond acceptors (Lipinski definition) is 6. The van der Waals surface area contributed by atoms with Gasteiger partial charge >= 0.3 is 17.1 Å². The van der Waals surface area contributed by atoms with E-state index in [2.05, 4.69) is 10.4 Å². The molecule has 3 heterocycles. The van der Waals surface area contributed by atoms with E-state index in [0.717, 1.165) is 12.8 Å². The fourth-order valence-electron chi connectivity index (χ4n) is 3.62. The highest BCUT2D eigenvalue weighted by Gasteiger charge is 2.34. The molecule has 1 atom stereocenters. The molecule has 3 N–H and O–H groups in total. The summed E-state index contributed by atoms with van der Waals surface area (Å²) in [5.74, 6) is -1.22. The van der Waals surface area contributed by atoms with Gasteiger partial charge in [-0.25, -0.2) is 9.89 Å². The zero-order valence-electron chi connectivity index (χ0n) is 18.2. The van der Waals surface area contributed by atoms with Crippen LogP contribution in [-0.4, -0.2) is 77.0 Å². The van der Waals surface area contributed by atoms with Crippen LogP contribution in [0.15, 0.2) is 17.1 Å². The van der Waals surface area contributed by atoms with Crippen LogP contribution in [0.5, 0.6) is 5.88 Å². The maximum absolute atomic E-state index is 13.1. The van der Waals surface area contributed by atoms with Crippen molar-refractivity contribution >= 4 is 23.5 Å².